The largest absolute Gasteiger partial charge is 0.376 e. The normalized spacial score (nSPS) is 22.8. The summed E-state index contributed by atoms with van der Waals surface area (Å²) in [6, 6.07) is 0.216. The van der Waals surface area contributed by atoms with Crippen molar-refractivity contribution in [3.8, 4) is 0 Å². The van der Waals surface area contributed by atoms with Gasteiger partial charge in [0.2, 0.25) is 5.91 Å². The van der Waals surface area contributed by atoms with Crippen molar-refractivity contribution in [1.29, 1.82) is 0 Å². The summed E-state index contributed by atoms with van der Waals surface area (Å²) in [4.78, 5) is 11.5. The number of ether oxygens (including phenoxy) is 2. The molecule has 2 N–H and O–H groups in total. The molecule has 16 heavy (non-hydrogen) atoms. The molecule has 0 bridgehead atoms. The van der Waals surface area contributed by atoms with E-state index in [9.17, 15) is 4.79 Å². The van der Waals surface area contributed by atoms with Gasteiger partial charge in [-0.3, -0.25) is 4.79 Å². The highest BCUT2D eigenvalue weighted by atomic mass is 16.6. The zero-order valence-electron chi connectivity index (χ0n) is 10.1. The molecular weight excluding hydrogens is 208 g/mol. The Morgan fingerprint density at radius 1 is 1.50 bits per heavy atom. The van der Waals surface area contributed by atoms with E-state index in [4.69, 9.17) is 9.47 Å². The van der Waals surface area contributed by atoms with E-state index in [1.165, 1.54) is 0 Å². The van der Waals surface area contributed by atoms with Crippen molar-refractivity contribution in [3.63, 3.8) is 0 Å². The molecule has 1 fully saturated rings. The standard InChI is InChI=1S/C11H22N2O3/c1-3-12-9(2)6-11(14)13-7-10-8-15-4-5-16-10/h9-10,12H,3-8H2,1-2H3,(H,13,14). The number of rotatable bonds is 6. The Bertz CT molecular complexity index is 205. The number of carbonyl (C=O) groups is 1. The Balaban J connectivity index is 2.09. The highest BCUT2D eigenvalue weighted by molar-refractivity contribution is 5.76. The zero-order chi connectivity index (χ0) is 11.8. The minimum Gasteiger partial charge on any atom is -0.376 e. The van der Waals surface area contributed by atoms with Crippen LogP contribution in [0.15, 0.2) is 0 Å². The van der Waals surface area contributed by atoms with Gasteiger partial charge < -0.3 is 20.1 Å². The van der Waals surface area contributed by atoms with Crippen LogP contribution in [0.4, 0.5) is 0 Å². The Hall–Kier alpha value is -0.650. The van der Waals surface area contributed by atoms with Gasteiger partial charge in [-0.2, -0.15) is 0 Å². The molecule has 0 aromatic rings. The number of carbonyl (C=O) groups excluding carboxylic acids is 1. The van der Waals surface area contributed by atoms with Crippen molar-refractivity contribution in [2.75, 3.05) is 32.9 Å². The van der Waals surface area contributed by atoms with Crippen LogP contribution >= 0.6 is 0 Å². The first kappa shape index (κ1) is 13.4. The number of amides is 1. The molecule has 1 rings (SSSR count). The molecule has 0 spiro atoms. The first-order valence-electron chi connectivity index (χ1n) is 5.91. The minimum atomic E-state index is 0.00661. The van der Waals surface area contributed by atoms with Crippen LogP contribution in [0, 0.1) is 0 Å². The van der Waals surface area contributed by atoms with Crippen LogP contribution in [0.1, 0.15) is 20.3 Å². The van der Waals surface area contributed by atoms with Gasteiger partial charge >= 0.3 is 0 Å². The van der Waals surface area contributed by atoms with Gasteiger partial charge in [-0.15, -0.1) is 0 Å². The predicted molar refractivity (Wildman–Crippen MR) is 61.3 cm³/mol. The summed E-state index contributed by atoms with van der Waals surface area (Å²) < 4.78 is 10.7. The molecule has 1 amide bonds. The second-order valence-corrected chi connectivity index (χ2v) is 4.03. The molecule has 94 valence electrons. The molecule has 5 heteroatoms. The molecule has 2 atom stereocenters. The van der Waals surface area contributed by atoms with Gasteiger partial charge in [0.15, 0.2) is 0 Å². The molecule has 0 radical (unpaired) electrons. The summed E-state index contributed by atoms with van der Waals surface area (Å²) >= 11 is 0. The Morgan fingerprint density at radius 3 is 2.94 bits per heavy atom. The summed E-state index contributed by atoms with van der Waals surface area (Å²) in [7, 11) is 0. The van der Waals surface area contributed by atoms with Crippen molar-refractivity contribution in [3.05, 3.63) is 0 Å². The van der Waals surface area contributed by atoms with E-state index in [1.807, 2.05) is 13.8 Å². The molecule has 0 aliphatic carbocycles. The molecule has 5 nitrogen and oxygen atoms in total. The molecular formula is C11H22N2O3. The lowest BCUT2D eigenvalue weighted by molar-refractivity contribution is -0.124. The smallest absolute Gasteiger partial charge is 0.221 e. The van der Waals surface area contributed by atoms with Gasteiger partial charge in [0, 0.05) is 19.0 Å². The second-order valence-electron chi connectivity index (χ2n) is 4.03. The third-order valence-electron chi connectivity index (χ3n) is 2.46. The van der Waals surface area contributed by atoms with Gasteiger partial charge in [-0.05, 0) is 13.5 Å². The summed E-state index contributed by atoms with van der Waals surface area (Å²) in [6.45, 7) is 7.30. The fourth-order valence-electron chi connectivity index (χ4n) is 1.65. The molecule has 1 saturated heterocycles. The third-order valence-corrected chi connectivity index (χ3v) is 2.46. The first-order chi connectivity index (χ1) is 7.72. The molecule has 1 heterocycles. The Kier molecular flexibility index (Phi) is 6.37. The van der Waals surface area contributed by atoms with E-state index in [0.29, 0.717) is 32.8 Å². The molecule has 2 unspecified atom stereocenters. The Morgan fingerprint density at radius 2 is 2.31 bits per heavy atom. The van der Waals surface area contributed by atoms with Crippen molar-refractivity contribution >= 4 is 5.91 Å². The van der Waals surface area contributed by atoms with Crippen LogP contribution in [-0.4, -0.2) is 51.0 Å². The van der Waals surface area contributed by atoms with Crippen LogP contribution in [0.2, 0.25) is 0 Å². The van der Waals surface area contributed by atoms with Gasteiger partial charge in [0.25, 0.3) is 0 Å². The van der Waals surface area contributed by atoms with Gasteiger partial charge in [0.1, 0.15) is 0 Å². The van der Waals surface area contributed by atoms with Crippen LogP contribution in [-0.2, 0) is 14.3 Å². The maximum Gasteiger partial charge on any atom is 0.221 e. The first-order valence-corrected chi connectivity index (χ1v) is 5.91. The number of hydrogen-bond donors (Lipinski definition) is 2. The summed E-state index contributed by atoms with van der Waals surface area (Å²) in [5, 5.41) is 6.06. The summed E-state index contributed by atoms with van der Waals surface area (Å²) in [5.74, 6) is 0.0580. The minimum absolute atomic E-state index is 0.00661. The van der Waals surface area contributed by atoms with Gasteiger partial charge in [-0.25, -0.2) is 0 Å². The van der Waals surface area contributed by atoms with E-state index in [-0.39, 0.29) is 18.1 Å². The maximum absolute atomic E-state index is 11.5. The average molecular weight is 230 g/mol. The van der Waals surface area contributed by atoms with Gasteiger partial charge in [-0.1, -0.05) is 6.92 Å². The van der Waals surface area contributed by atoms with Crippen molar-refractivity contribution in [2.24, 2.45) is 0 Å². The molecule has 0 aromatic carbocycles. The quantitative estimate of drug-likeness (QED) is 0.669. The summed E-state index contributed by atoms with van der Waals surface area (Å²) in [6.07, 6.45) is 0.508. The van der Waals surface area contributed by atoms with Crippen molar-refractivity contribution < 1.29 is 14.3 Å². The molecule has 1 aliphatic heterocycles. The van der Waals surface area contributed by atoms with Crippen LogP contribution in [0.3, 0.4) is 0 Å². The van der Waals surface area contributed by atoms with Crippen molar-refractivity contribution in [2.45, 2.75) is 32.4 Å². The fraction of sp³-hybridized carbons (Fsp3) is 0.909. The second kappa shape index (κ2) is 7.60. The molecule has 0 aromatic heterocycles. The van der Waals surface area contributed by atoms with E-state index in [0.717, 1.165) is 6.54 Å². The number of hydrogen-bond acceptors (Lipinski definition) is 4. The zero-order valence-corrected chi connectivity index (χ0v) is 10.1. The average Bonchev–Trinajstić information content (AvgIpc) is 2.28. The number of nitrogens with one attached hydrogen (secondary N) is 2. The lowest BCUT2D eigenvalue weighted by atomic mass is 10.2. The van der Waals surface area contributed by atoms with E-state index in [1.54, 1.807) is 0 Å². The third kappa shape index (κ3) is 5.44. The fourth-order valence-corrected chi connectivity index (χ4v) is 1.65. The molecule has 0 saturated carbocycles. The van der Waals surface area contributed by atoms with Crippen molar-refractivity contribution in [1.82, 2.24) is 10.6 Å². The van der Waals surface area contributed by atoms with E-state index < -0.39 is 0 Å². The topological polar surface area (TPSA) is 59.6 Å². The van der Waals surface area contributed by atoms with E-state index >= 15 is 0 Å². The SMILES string of the molecule is CCNC(C)CC(=O)NCC1COCCO1. The summed E-state index contributed by atoms with van der Waals surface area (Å²) in [5.41, 5.74) is 0. The van der Waals surface area contributed by atoms with Crippen LogP contribution in [0.5, 0.6) is 0 Å². The Labute approximate surface area is 96.9 Å². The highest BCUT2D eigenvalue weighted by Gasteiger charge is 2.15. The van der Waals surface area contributed by atoms with E-state index in [2.05, 4.69) is 10.6 Å². The monoisotopic (exact) mass is 230 g/mol. The maximum atomic E-state index is 11.5. The lowest BCUT2D eigenvalue weighted by Gasteiger charge is -2.23. The highest BCUT2D eigenvalue weighted by Crippen LogP contribution is 1.99. The lowest BCUT2D eigenvalue weighted by Crippen LogP contribution is -2.41. The van der Waals surface area contributed by atoms with Crippen LogP contribution < -0.4 is 10.6 Å². The van der Waals surface area contributed by atoms with Gasteiger partial charge in [0.05, 0.1) is 25.9 Å². The molecule has 1 aliphatic rings. The van der Waals surface area contributed by atoms with Crippen LogP contribution in [0.25, 0.3) is 0 Å². The predicted octanol–water partition coefficient (Wildman–Crippen LogP) is -0.0939.